The Kier molecular flexibility index (Phi) is 7.28. The Morgan fingerprint density at radius 2 is 1.91 bits per heavy atom. The van der Waals surface area contributed by atoms with Crippen molar-refractivity contribution in [3.63, 3.8) is 0 Å². The predicted molar refractivity (Wildman–Crippen MR) is 89.4 cm³/mol. The van der Waals surface area contributed by atoms with E-state index in [-0.39, 0.29) is 11.6 Å². The van der Waals surface area contributed by atoms with Crippen LogP contribution in [0.15, 0.2) is 35.3 Å². The summed E-state index contributed by atoms with van der Waals surface area (Å²) in [6.07, 6.45) is 1.21. The summed E-state index contributed by atoms with van der Waals surface area (Å²) in [5.74, 6) is -2.18. The van der Waals surface area contributed by atoms with Gasteiger partial charge in [0.05, 0.1) is 11.6 Å². The summed E-state index contributed by atoms with van der Waals surface area (Å²) >= 11 is 11.9. The molecule has 6 heteroatoms. The van der Waals surface area contributed by atoms with Crippen LogP contribution in [0.4, 0.5) is 0 Å². The van der Waals surface area contributed by atoms with E-state index in [4.69, 9.17) is 27.9 Å². The van der Waals surface area contributed by atoms with E-state index in [1.807, 2.05) is 0 Å². The molecule has 1 rings (SSSR count). The fourth-order valence-electron chi connectivity index (χ4n) is 1.75. The first-order valence-electron chi connectivity index (χ1n) is 6.67. The molecule has 0 heterocycles. The number of ether oxygens (including phenoxy) is 1. The zero-order valence-corrected chi connectivity index (χ0v) is 14.1. The first-order valence-corrected chi connectivity index (χ1v) is 7.43. The second-order valence-corrected chi connectivity index (χ2v) is 5.30. The minimum absolute atomic E-state index is 0.189. The fourth-order valence-corrected chi connectivity index (χ4v) is 2.11. The molecule has 1 aromatic carbocycles. The number of aliphatic imine (C=N–C) groups is 1. The lowest BCUT2D eigenvalue weighted by molar-refractivity contribution is -0.147. The molecule has 0 spiro atoms. The maximum Gasteiger partial charge on any atom is 0.322 e. The monoisotopic (exact) mass is 341 g/mol. The van der Waals surface area contributed by atoms with Gasteiger partial charge in [-0.1, -0.05) is 35.3 Å². The number of carbonyl (C=O) groups is 2. The van der Waals surface area contributed by atoms with Crippen LogP contribution in [-0.2, 0) is 14.3 Å². The molecule has 0 aliphatic carbocycles. The molecule has 0 aliphatic heterocycles. The first kappa shape index (κ1) is 18.4. The molecule has 1 aromatic rings. The van der Waals surface area contributed by atoms with Gasteiger partial charge in [-0.25, -0.2) is 0 Å². The Hall–Kier alpha value is -1.65. The van der Waals surface area contributed by atoms with Gasteiger partial charge in [0.15, 0.2) is 11.7 Å². The van der Waals surface area contributed by atoms with Gasteiger partial charge in [0.25, 0.3) is 0 Å². The van der Waals surface area contributed by atoms with Crippen LogP contribution in [0.5, 0.6) is 0 Å². The van der Waals surface area contributed by atoms with E-state index in [1.54, 1.807) is 38.1 Å². The molecule has 118 valence electrons. The lowest BCUT2D eigenvalue weighted by Crippen LogP contribution is -2.31. The van der Waals surface area contributed by atoms with Crippen LogP contribution < -0.4 is 0 Å². The van der Waals surface area contributed by atoms with E-state index < -0.39 is 17.7 Å². The molecule has 0 fully saturated rings. The standard InChI is InChI=1S/C16H17Cl2NO3/c1-4-22-16(21)15(10(2)19-3)14(20)9-13(18)11-5-7-12(17)8-6-11/h5-9,15H,4H2,1-3H3. The molecule has 0 saturated heterocycles. The number of allylic oxidation sites excluding steroid dienone is 1. The third-order valence-electron chi connectivity index (χ3n) is 2.97. The Morgan fingerprint density at radius 3 is 2.41 bits per heavy atom. The van der Waals surface area contributed by atoms with E-state index >= 15 is 0 Å². The van der Waals surface area contributed by atoms with Crippen molar-refractivity contribution in [3.8, 4) is 0 Å². The number of benzene rings is 1. The van der Waals surface area contributed by atoms with Crippen molar-refractivity contribution in [2.75, 3.05) is 13.7 Å². The predicted octanol–water partition coefficient (Wildman–Crippen LogP) is 3.76. The van der Waals surface area contributed by atoms with E-state index in [0.29, 0.717) is 16.3 Å². The van der Waals surface area contributed by atoms with Crippen molar-refractivity contribution in [1.82, 2.24) is 0 Å². The van der Waals surface area contributed by atoms with Crippen LogP contribution in [0.2, 0.25) is 5.02 Å². The lowest BCUT2D eigenvalue weighted by Gasteiger charge is -2.12. The van der Waals surface area contributed by atoms with Crippen molar-refractivity contribution in [1.29, 1.82) is 0 Å². The summed E-state index contributed by atoms with van der Waals surface area (Å²) < 4.78 is 4.92. The number of ketones is 1. The topological polar surface area (TPSA) is 55.7 Å². The number of halogens is 2. The number of hydrogen-bond donors (Lipinski definition) is 0. The summed E-state index contributed by atoms with van der Waals surface area (Å²) in [6.45, 7) is 3.46. The lowest BCUT2D eigenvalue weighted by atomic mass is 9.98. The average Bonchev–Trinajstić information content (AvgIpc) is 2.48. The van der Waals surface area contributed by atoms with E-state index in [1.165, 1.54) is 13.1 Å². The van der Waals surface area contributed by atoms with Crippen LogP contribution in [-0.4, -0.2) is 31.1 Å². The zero-order valence-electron chi connectivity index (χ0n) is 12.6. The largest absolute Gasteiger partial charge is 0.465 e. The Balaban J connectivity index is 3.06. The number of carbonyl (C=O) groups excluding carboxylic acids is 2. The number of nitrogens with zero attached hydrogens (tertiary/aromatic N) is 1. The molecule has 0 amide bonds. The third kappa shape index (κ3) is 4.97. The van der Waals surface area contributed by atoms with Gasteiger partial charge in [-0.2, -0.15) is 0 Å². The highest BCUT2D eigenvalue weighted by Gasteiger charge is 2.29. The second kappa shape index (κ2) is 8.71. The summed E-state index contributed by atoms with van der Waals surface area (Å²) in [5.41, 5.74) is 1.01. The highest BCUT2D eigenvalue weighted by atomic mass is 35.5. The van der Waals surface area contributed by atoms with Crippen LogP contribution in [0, 0.1) is 5.92 Å². The van der Waals surface area contributed by atoms with Gasteiger partial charge in [0.2, 0.25) is 0 Å². The molecule has 0 saturated carbocycles. The highest BCUT2D eigenvalue weighted by molar-refractivity contribution is 6.50. The van der Waals surface area contributed by atoms with Crippen molar-refractivity contribution >= 4 is 45.7 Å². The fraction of sp³-hybridized carbons (Fsp3) is 0.312. The normalized spacial score (nSPS) is 13.7. The molecule has 0 bridgehead atoms. The highest BCUT2D eigenvalue weighted by Crippen LogP contribution is 2.22. The van der Waals surface area contributed by atoms with Gasteiger partial charge in [-0.05, 0) is 31.5 Å². The van der Waals surface area contributed by atoms with Gasteiger partial charge in [0.1, 0.15) is 0 Å². The summed E-state index contributed by atoms with van der Waals surface area (Å²) in [4.78, 5) is 28.2. The molecular formula is C16H17Cl2NO3. The maximum atomic E-state index is 12.3. The number of esters is 1. The van der Waals surface area contributed by atoms with E-state index in [0.717, 1.165) is 0 Å². The SMILES string of the molecule is CCOC(=O)C(C(=O)C=C(Cl)c1ccc(Cl)cc1)C(C)=NC. The molecule has 1 unspecified atom stereocenters. The molecule has 0 radical (unpaired) electrons. The van der Waals surface area contributed by atoms with Gasteiger partial charge in [-0.15, -0.1) is 0 Å². The van der Waals surface area contributed by atoms with Crippen LogP contribution >= 0.6 is 23.2 Å². The molecule has 4 nitrogen and oxygen atoms in total. The molecule has 22 heavy (non-hydrogen) atoms. The molecule has 1 atom stereocenters. The summed E-state index contributed by atoms with van der Waals surface area (Å²) in [7, 11) is 1.51. The molecule has 0 aromatic heterocycles. The Bertz CT molecular complexity index is 606. The van der Waals surface area contributed by atoms with Crippen molar-refractivity contribution in [2.24, 2.45) is 10.9 Å². The van der Waals surface area contributed by atoms with Crippen LogP contribution in [0.3, 0.4) is 0 Å². The van der Waals surface area contributed by atoms with Crippen LogP contribution in [0.25, 0.3) is 5.03 Å². The number of rotatable bonds is 6. The quantitative estimate of drug-likeness (QED) is 0.342. The van der Waals surface area contributed by atoms with Crippen molar-refractivity contribution in [3.05, 3.63) is 40.9 Å². The molecule has 0 N–H and O–H groups in total. The Morgan fingerprint density at radius 1 is 1.32 bits per heavy atom. The number of hydrogen-bond acceptors (Lipinski definition) is 4. The van der Waals surface area contributed by atoms with Crippen molar-refractivity contribution < 1.29 is 14.3 Å². The maximum absolute atomic E-state index is 12.3. The summed E-state index contributed by atoms with van der Waals surface area (Å²) in [6, 6.07) is 6.71. The zero-order chi connectivity index (χ0) is 16.7. The van der Waals surface area contributed by atoms with Gasteiger partial charge >= 0.3 is 5.97 Å². The molecular weight excluding hydrogens is 325 g/mol. The molecule has 0 aliphatic rings. The first-order chi connectivity index (χ1) is 10.4. The van der Waals surface area contributed by atoms with Crippen molar-refractivity contribution in [2.45, 2.75) is 13.8 Å². The van der Waals surface area contributed by atoms with E-state index in [2.05, 4.69) is 4.99 Å². The second-order valence-electron chi connectivity index (χ2n) is 4.45. The van der Waals surface area contributed by atoms with Gasteiger partial charge in [-0.3, -0.25) is 14.6 Å². The Labute approximate surface area is 139 Å². The van der Waals surface area contributed by atoms with E-state index in [9.17, 15) is 9.59 Å². The third-order valence-corrected chi connectivity index (χ3v) is 3.55. The summed E-state index contributed by atoms with van der Waals surface area (Å²) in [5, 5.41) is 0.790. The smallest absolute Gasteiger partial charge is 0.322 e. The minimum atomic E-state index is -1.08. The minimum Gasteiger partial charge on any atom is -0.465 e. The van der Waals surface area contributed by atoms with Crippen LogP contribution in [0.1, 0.15) is 19.4 Å². The average molecular weight is 342 g/mol. The van der Waals surface area contributed by atoms with Gasteiger partial charge in [0, 0.05) is 23.9 Å². The van der Waals surface area contributed by atoms with Gasteiger partial charge < -0.3 is 4.74 Å².